The first kappa shape index (κ1) is 17.1. The predicted octanol–water partition coefficient (Wildman–Crippen LogP) is 3.12. The van der Waals surface area contributed by atoms with Gasteiger partial charge in [0.2, 0.25) is 11.8 Å². The molecule has 0 amide bonds. The number of nitrogens with two attached hydrogens (primary N) is 1. The van der Waals surface area contributed by atoms with Crippen LogP contribution < -0.4 is 10.6 Å². The fourth-order valence-corrected chi connectivity index (χ4v) is 3.22. The van der Waals surface area contributed by atoms with E-state index in [1.54, 1.807) is 0 Å². The van der Waals surface area contributed by atoms with Crippen molar-refractivity contribution >= 4 is 17.5 Å². The van der Waals surface area contributed by atoms with Gasteiger partial charge in [0.05, 0.1) is 4.92 Å². The minimum atomic E-state index is -0.559. The summed E-state index contributed by atoms with van der Waals surface area (Å²) in [6.07, 6.45) is 5.63. The molecule has 0 atom stereocenters. The summed E-state index contributed by atoms with van der Waals surface area (Å²) < 4.78 is 0. The number of hydrogen-bond acceptors (Lipinski definition) is 6. The fourth-order valence-electron chi connectivity index (χ4n) is 3.22. The average molecular weight is 341 g/mol. The quantitative estimate of drug-likeness (QED) is 0.663. The Morgan fingerprint density at radius 2 is 1.96 bits per heavy atom. The van der Waals surface area contributed by atoms with E-state index in [0.29, 0.717) is 11.9 Å². The number of aryl methyl sites for hydroxylation is 2. The summed E-state index contributed by atoms with van der Waals surface area (Å²) in [6, 6.07) is 8.73. The second-order valence-electron chi connectivity index (χ2n) is 6.65. The number of nitrogens with zero attached hydrogens (tertiary/aromatic N) is 4. The van der Waals surface area contributed by atoms with Crippen molar-refractivity contribution in [3.63, 3.8) is 0 Å². The third-order valence-electron chi connectivity index (χ3n) is 4.84. The Bertz CT molecular complexity index is 740. The number of nitro groups is 1. The lowest BCUT2D eigenvalue weighted by atomic mass is 9.90. The van der Waals surface area contributed by atoms with E-state index in [2.05, 4.69) is 46.1 Å². The zero-order chi connectivity index (χ0) is 17.8. The molecule has 1 aliphatic heterocycles. The first-order valence-electron chi connectivity index (χ1n) is 8.60. The van der Waals surface area contributed by atoms with Crippen LogP contribution in [0.15, 0.2) is 30.5 Å². The molecule has 2 N–H and O–H groups in total. The summed E-state index contributed by atoms with van der Waals surface area (Å²) in [4.78, 5) is 20.5. The van der Waals surface area contributed by atoms with Crippen molar-refractivity contribution in [2.24, 2.45) is 5.92 Å². The van der Waals surface area contributed by atoms with Crippen LogP contribution in [-0.2, 0) is 6.42 Å². The summed E-state index contributed by atoms with van der Waals surface area (Å²) in [7, 11) is 0. The molecule has 2 heterocycles. The van der Waals surface area contributed by atoms with Gasteiger partial charge in [-0.25, -0.2) is 4.98 Å². The standard InChI is InChI=1S/C18H23N5O2/c1-13-2-4-14(5-3-13)6-7-15-8-10-22(11-9-15)18-20-12-16(23(24)25)17(19)21-18/h2-5,12,15H,6-11H2,1H3,(H2,19,20,21). The van der Waals surface area contributed by atoms with Crippen molar-refractivity contribution in [2.45, 2.75) is 32.6 Å². The van der Waals surface area contributed by atoms with E-state index in [0.717, 1.165) is 32.4 Å². The molecule has 1 aromatic carbocycles. The van der Waals surface area contributed by atoms with E-state index < -0.39 is 4.92 Å². The minimum absolute atomic E-state index is 0.0727. The van der Waals surface area contributed by atoms with Gasteiger partial charge in [-0.05, 0) is 44.1 Å². The number of hydrogen-bond donors (Lipinski definition) is 1. The topological polar surface area (TPSA) is 98.2 Å². The second kappa shape index (κ2) is 7.46. The highest BCUT2D eigenvalue weighted by molar-refractivity contribution is 5.53. The summed E-state index contributed by atoms with van der Waals surface area (Å²) in [6.45, 7) is 3.82. The lowest BCUT2D eigenvalue weighted by Crippen LogP contribution is -2.35. The number of rotatable bonds is 5. The molecule has 2 aromatic rings. The molecule has 1 saturated heterocycles. The smallest absolute Gasteiger partial charge is 0.329 e. The van der Waals surface area contributed by atoms with E-state index in [4.69, 9.17) is 5.73 Å². The SMILES string of the molecule is Cc1ccc(CCC2CCN(c3ncc([N+](=O)[O-])c(N)n3)CC2)cc1. The van der Waals surface area contributed by atoms with Gasteiger partial charge < -0.3 is 10.6 Å². The van der Waals surface area contributed by atoms with Gasteiger partial charge in [-0.15, -0.1) is 0 Å². The third kappa shape index (κ3) is 4.23. The normalized spacial score (nSPS) is 15.3. The Morgan fingerprint density at radius 1 is 1.28 bits per heavy atom. The number of anilines is 2. The molecule has 0 bridgehead atoms. The number of aromatic nitrogens is 2. The highest BCUT2D eigenvalue weighted by Crippen LogP contribution is 2.26. The molecule has 132 valence electrons. The maximum atomic E-state index is 10.8. The molecule has 7 heteroatoms. The molecular weight excluding hydrogens is 318 g/mol. The zero-order valence-electron chi connectivity index (χ0n) is 14.4. The van der Waals surface area contributed by atoms with Crippen molar-refractivity contribution in [2.75, 3.05) is 23.7 Å². The summed E-state index contributed by atoms with van der Waals surface area (Å²) in [5.74, 6) is 1.10. The molecule has 7 nitrogen and oxygen atoms in total. The maximum Gasteiger partial charge on any atom is 0.329 e. The van der Waals surface area contributed by atoms with Gasteiger partial charge in [-0.3, -0.25) is 10.1 Å². The van der Waals surface area contributed by atoms with Crippen molar-refractivity contribution in [1.29, 1.82) is 0 Å². The van der Waals surface area contributed by atoms with Crippen LogP contribution in [0.25, 0.3) is 0 Å². The van der Waals surface area contributed by atoms with Crippen molar-refractivity contribution < 1.29 is 4.92 Å². The zero-order valence-corrected chi connectivity index (χ0v) is 14.4. The monoisotopic (exact) mass is 341 g/mol. The Morgan fingerprint density at radius 3 is 2.56 bits per heavy atom. The minimum Gasteiger partial charge on any atom is -0.378 e. The van der Waals surface area contributed by atoms with Crippen LogP contribution >= 0.6 is 0 Å². The highest BCUT2D eigenvalue weighted by Gasteiger charge is 2.23. The summed E-state index contributed by atoms with van der Waals surface area (Å²) in [5, 5.41) is 10.8. The molecule has 25 heavy (non-hydrogen) atoms. The van der Waals surface area contributed by atoms with E-state index >= 15 is 0 Å². The summed E-state index contributed by atoms with van der Waals surface area (Å²) >= 11 is 0. The van der Waals surface area contributed by atoms with Crippen LogP contribution in [-0.4, -0.2) is 28.0 Å². The molecule has 3 rings (SSSR count). The third-order valence-corrected chi connectivity index (χ3v) is 4.84. The molecule has 1 fully saturated rings. The average Bonchev–Trinajstić information content (AvgIpc) is 2.61. The van der Waals surface area contributed by atoms with Crippen molar-refractivity contribution in [3.8, 4) is 0 Å². The van der Waals surface area contributed by atoms with Crippen LogP contribution in [0.5, 0.6) is 0 Å². The van der Waals surface area contributed by atoms with Gasteiger partial charge in [0.25, 0.3) is 0 Å². The molecule has 1 aliphatic rings. The van der Waals surface area contributed by atoms with Crippen LogP contribution in [0.2, 0.25) is 0 Å². The van der Waals surface area contributed by atoms with Gasteiger partial charge in [0, 0.05) is 13.1 Å². The molecule has 0 radical (unpaired) electrons. The van der Waals surface area contributed by atoms with Crippen molar-refractivity contribution in [3.05, 3.63) is 51.7 Å². The Hall–Kier alpha value is -2.70. The van der Waals surface area contributed by atoms with Gasteiger partial charge in [0.15, 0.2) is 0 Å². The second-order valence-corrected chi connectivity index (χ2v) is 6.65. The fraction of sp³-hybridized carbons (Fsp3) is 0.444. The molecular formula is C18H23N5O2. The lowest BCUT2D eigenvalue weighted by Gasteiger charge is -2.32. The van der Waals surface area contributed by atoms with E-state index in [1.807, 2.05) is 0 Å². The Labute approximate surface area is 147 Å². The van der Waals surface area contributed by atoms with E-state index in [-0.39, 0.29) is 11.5 Å². The van der Waals surface area contributed by atoms with E-state index in [1.165, 1.54) is 23.7 Å². The lowest BCUT2D eigenvalue weighted by molar-refractivity contribution is -0.384. The largest absolute Gasteiger partial charge is 0.378 e. The van der Waals surface area contributed by atoms with Gasteiger partial charge >= 0.3 is 5.69 Å². The predicted molar refractivity (Wildman–Crippen MR) is 97.5 cm³/mol. The maximum absolute atomic E-state index is 10.8. The number of benzene rings is 1. The highest BCUT2D eigenvalue weighted by atomic mass is 16.6. The molecule has 0 saturated carbocycles. The number of nitrogen functional groups attached to an aromatic ring is 1. The first-order chi connectivity index (χ1) is 12.0. The van der Waals surface area contributed by atoms with Crippen LogP contribution in [0.1, 0.15) is 30.4 Å². The molecule has 0 spiro atoms. The Kier molecular flexibility index (Phi) is 5.11. The van der Waals surface area contributed by atoms with Crippen LogP contribution in [0.4, 0.5) is 17.5 Å². The van der Waals surface area contributed by atoms with Crippen molar-refractivity contribution in [1.82, 2.24) is 9.97 Å². The molecule has 0 unspecified atom stereocenters. The number of piperidine rings is 1. The molecule has 0 aliphatic carbocycles. The summed E-state index contributed by atoms with van der Waals surface area (Å²) in [5.41, 5.74) is 8.10. The van der Waals surface area contributed by atoms with Gasteiger partial charge in [-0.2, -0.15) is 4.98 Å². The Balaban J connectivity index is 1.52. The van der Waals surface area contributed by atoms with Crippen LogP contribution in [0.3, 0.4) is 0 Å². The van der Waals surface area contributed by atoms with Crippen LogP contribution in [0, 0.1) is 23.0 Å². The van der Waals surface area contributed by atoms with E-state index in [9.17, 15) is 10.1 Å². The molecule has 1 aromatic heterocycles. The van der Waals surface area contributed by atoms with Gasteiger partial charge in [0.1, 0.15) is 6.20 Å². The van der Waals surface area contributed by atoms with Gasteiger partial charge in [-0.1, -0.05) is 29.8 Å². The first-order valence-corrected chi connectivity index (χ1v) is 8.60.